The molecule has 0 saturated heterocycles. The van der Waals surface area contributed by atoms with Crippen LogP contribution in [0.1, 0.15) is 18.9 Å². The van der Waals surface area contributed by atoms with E-state index in [1.54, 1.807) is 0 Å². The highest BCUT2D eigenvalue weighted by molar-refractivity contribution is 6.30. The number of hydrogen-bond donors (Lipinski definition) is 2. The summed E-state index contributed by atoms with van der Waals surface area (Å²) in [5.74, 6) is 1.46. The van der Waals surface area contributed by atoms with E-state index in [1.165, 1.54) is 6.33 Å². The topological polar surface area (TPSA) is 62.8 Å². The second-order valence-corrected chi connectivity index (χ2v) is 4.22. The van der Waals surface area contributed by atoms with Crippen molar-refractivity contribution in [2.24, 2.45) is 0 Å². The molecule has 18 heavy (non-hydrogen) atoms. The van der Waals surface area contributed by atoms with Gasteiger partial charge in [0, 0.05) is 17.1 Å². The van der Waals surface area contributed by atoms with Gasteiger partial charge in [0.15, 0.2) is 0 Å². The van der Waals surface area contributed by atoms with Crippen LogP contribution in [0.25, 0.3) is 0 Å². The summed E-state index contributed by atoms with van der Waals surface area (Å²) in [5.41, 5.74) is 0.993. The minimum atomic E-state index is 0.578. The Morgan fingerprint density at radius 3 is 3.06 bits per heavy atom. The van der Waals surface area contributed by atoms with Gasteiger partial charge >= 0.3 is 0 Å². The predicted molar refractivity (Wildman–Crippen MR) is 70.9 cm³/mol. The fraction of sp³-hybridized carbons (Fsp3) is 0.333. The third-order valence-corrected chi connectivity index (χ3v) is 2.58. The van der Waals surface area contributed by atoms with Crippen LogP contribution in [0.4, 0.5) is 5.95 Å². The van der Waals surface area contributed by atoms with Crippen LogP contribution in [-0.2, 0) is 6.54 Å². The van der Waals surface area contributed by atoms with E-state index in [2.05, 4.69) is 27.4 Å². The van der Waals surface area contributed by atoms with Crippen LogP contribution in [0, 0.1) is 0 Å². The van der Waals surface area contributed by atoms with Gasteiger partial charge in [-0.1, -0.05) is 18.5 Å². The number of benzene rings is 1. The smallest absolute Gasteiger partial charge is 0.218 e. The van der Waals surface area contributed by atoms with Gasteiger partial charge in [-0.25, -0.2) is 10.1 Å². The molecule has 6 heteroatoms. The van der Waals surface area contributed by atoms with Crippen LogP contribution in [0.5, 0.6) is 5.75 Å². The van der Waals surface area contributed by atoms with Crippen LogP contribution < -0.4 is 10.1 Å². The first kappa shape index (κ1) is 12.7. The standard InChI is InChI=1S/C12H15ClN4O/c1-2-5-18-11-4-3-10(13)6-9(11)7-14-12-15-8-16-17-12/h3-4,6,8H,2,5,7H2,1H3,(H2,14,15,16,17). The van der Waals surface area contributed by atoms with E-state index in [0.29, 0.717) is 24.1 Å². The maximum atomic E-state index is 5.99. The summed E-state index contributed by atoms with van der Waals surface area (Å²) in [6.45, 7) is 3.34. The first-order valence-corrected chi connectivity index (χ1v) is 6.18. The number of nitrogens with one attached hydrogen (secondary N) is 2. The van der Waals surface area contributed by atoms with E-state index in [4.69, 9.17) is 16.3 Å². The van der Waals surface area contributed by atoms with Gasteiger partial charge in [0.05, 0.1) is 6.61 Å². The average Bonchev–Trinajstić information content (AvgIpc) is 2.88. The van der Waals surface area contributed by atoms with Crippen molar-refractivity contribution in [1.29, 1.82) is 0 Å². The lowest BCUT2D eigenvalue weighted by molar-refractivity contribution is 0.314. The number of aromatic amines is 1. The van der Waals surface area contributed by atoms with E-state index in [0.717, 1.165) is 17.7 Å². The summed E-state index contributed by atoms with van der Waals surface area (Å²) >= 11 is 5.99. The maximum Gasteiger partial charge on any atom is 0.218 e. The number of H-pyrrole nitrogens is 1. The molecule has 0 radical (unpaired) electrons. The number of aromatic nitrogens is 3. The molecule has 0 amide bonds. The van der Waals surface area contributed by atoms with Crippen molar-refractivity contribution in [2.75, 3.05) is 11.9 Å². The number of rotatable bonds is 6. The van der Waals surface area contributed by atoms with Crippen molar-refractivity contribution in [3.05, 3.63) is 35.1 Å². The summed E-state index contributed by atoms with van der Waals surface area (Å²) < 4.78 is 5.67. The summed E-state index contributed by atoms with van der Waals surface area (Å²) in [6.07, 6.45) is 2.42. The molecular formula is C12H15ClN4O. The minimum Gasteiger partial charge on any atom is -0.493 e. The van der Waals surface area contributed by atoms with Crippen molar-refractivity contribution < 1.29 is 4.74 Å². The lowest BCUT2D eigenvalue weighted by atomic mass is 10.2. The van der Waals surface area contributed by atoms with Crippen molar-refractivity contribution >= 4 is 17.5 Å². The SMILES string of the molecule is CCCOc1ccc(Cl)cc1CNc1ncn[nH]1. The summed E-state index contributed by atoms with van der Waals surface area (Å²) in [5, 5.41) is 10.3. The number of anilines is 1. The molecule has 2 N–H and O–H groups in total. The number of halogens is 1. The molecule has 0 bridgehead atoms. The van der Waals surface area contributed by atoms with E-state index >= 15 is 0 Å². The van der Waals surface area contributed by atoms with Crippen LogP contribution in [-0.4, -0.2) is 21.8 Å². The average molecular weight is 267 g/mol. The molecule has 0 unspecified atom stereocenters. The van der Waals surface area contributed by atoms with Crippen molar-refractivity contribution in [3.63, 3.8) is 0 Å². The Morgan fingerprint density at radius 2 is 2.33 bits per heavy atom. The van der Waals surface area contributed by atoms with E-state index in [9.17, 15) is 0 Å². The van der Waals surface area contributed by atoms with E-state index in [1.807, 2.05) is 18.2 Å². The number of nitrogens with zero attached hydrogens (tertiary/aromatic N) is 2. The zero-order valence-corrected chi connectivity index (χ0v) is 10.9. The molecule has 1 aromatic heterocycles. The van der Waals surface area contributed by atoms with Gasteiger partial charge in [0.1, 0.15) is 12.1 Å². The lowest BCUT2D eigenvalue weighted by Crippen LogP contribution is -2.05. The summed E-state index contributed by atoms with van der Waals surface area (Å²) in [4.78, 5) is 3.99. The van der Waals surface area contributed by atoms with Crippen molar-refractivity contribution in [1.82, 2.24) is 15.2 Å². The third kappa shape index (κ3) is 3.37. The molecule has 0 aliphatic rings. The molecule has 0 atom stereocenters. The van der Waals surface area contributed by atoms with E-state index in [-0.39, 0.29) is 0 Å². The van der Waals surface area contributed by atoms with Gasteiger partial charge in [-0.2, -0.15) is 5.10 Å². The highest BCUT2D eigenvalue weighted by Crippen LogP contribution is 2.23. The van der Waals surface area contributed by atoms with Gasteiger partial charge in [-0.15, -0.1) is 0 Å². The Hall–Kier alpha value is -1.75. The van der Waals surface area contributed by atoms with Crippen LogP contribution in [0.2, 0.25) is 5.02 Å². The normalized spacial score (nSPS) is 10.3. The van der Waals surface area contributed by atoms with E-state index < -0.39 is 0 Å². The molecule has 1 aromatic carbocycles. The molecule has 0 aliphatic heterocycles. The van der Waals surface area contributed by atoms with Gasteiger partial charge in [0.25, 0.3) is 0 Å². The molecule has 0 saturated carbocycles. The Balaban J connectivity index is 2.06. The molecular weight excluding hydrogens is 252 g/mol. The fourth-order valence-electron chi connectivity index (χ4n) is 1.51. The Bertz CT molecular complexity index is 487. The molecule has 0 aliphatic carbocycles. The van der Waals surface area contributed by atoms with Gasteiger partial charge < -0.3 is 10.1 Å². The molecule has 0 spiro atoms. The largest absolute Gasteiger partial charge is 0.493 e. The first-order valence-electron chi connectivity index (χ1n) is 5.80. The quantitative estimate of drug-likeness (QED) is 0.844. The number of hydrogen-bond acceptors (Lipinski definition) is 4. The zero-order valence-electron chi connectivity index (χ0n) is 10.1. The highest BCUT2D eigenvalue weighted by atomic mass is 35.5. The van der Waals surface area contributed by atoms with Gasteiger partial charge in [-0.3, -0.25) is 0 Å². The summed E-state index contributed by atoms with van der Waals surface area (Å²) in [6, 6.07) is 5.59. The van der Waals surface area contributed by atoms with Crippen LogP contribution in [0.3, 0.4) is 0 Å². The predicted octanol–water partition coefficient (Wildman–Crippen LogP) is 2.86. The molecule has 1 heterocycles. The maximum absolute atomic E-state index is 5.99. The van der Waals surface area contributed by atoms with Crippen LogP contribution >= 0.6 is 11.6 Å². The summed E-state index contributed by atoms with van der Waals surface area (Å²) in [7, 11) is 0. The fourth-order valence-corrected chi connectivity index (χ4v) is 1.70. The second kappa shape index (κ2) is 6.26. The van der Waals surface area contributed by atoms with Crippen molar-refractivity contribution in [3.8, 4) is 5.75 Å². The molecule has 2 aromatic rings. The first-order chi connectivity index (χ1) is 8.79. The number of ether oxygens (including phenoxy) is 1. The Morgan fingerprint density at radius 1 is 1.44 bits per heavy atom. The van der Waals surface area contributed by atoms with Crippen LogP contribution in [0.15, 0.2) is 24.5 Å². The third-order valence-electron chi connectivity index (χ3n) is 2.35. The molecule has 0 fully saturated rings. The molecule has 5 nitrogen and oxygen atoms in total. The van der Waals surface area contributed by atoms with Crippen molar-refractivity contribution in [2.45, 2.75) is 19.9 Å². The van der Waals surface area contributed by atoms with Gasteiger partial charge in [0.2, 0.25) is 5.95 Å². The molecule has 96 valence electrons. The highest BCUT2D eigenvalue weighted by Gasteiger charge is 2.05. The minimum absolute atomic E-state index is 0.578. The lowest BCUT2D eigenvalue weighted by Gasteiger charge is -2.11. The second-order valence-electron chi connectivity index (χ2n) is 3.79. The monoisotopic (exact) mass is 266 g/mol. The zero-order chi connectivity index (χ0) is 12.8. The van der Waals surface area contributed by atoms with Gasteiger partial charge in [-0.05, 0) is 24.6 Å². The molecule has 2 rings (SSSR count). The Labute approximate surface area is 111 Å². The Kier molecular flexibility index (Phi) is 4.41.